The van der Waals surface area contributed by atoms with Gasteiger partial charge in [0.15, 0.2) is 0 Å². The van der Waals surface area contributed by atoms with E-state index in [4.69, 9.17) is 0 Å². The molecule has 0 spiro atoms. The molecule has 3 nitrogen and oxygen atoms in total. The van der Waals surface area contributed by atoms with Crippen molar-refractivity contribution in [3.05, 3.63) is 118 Å². The number of rotatable bonds is 7. The summed E-state index contributed by atoms with van der Waals surface area (Å²) in [5.41, 5.74) is 3.87. The smallest absolute Gasteiger partial charge is 0.251 e. The molecule has 0 radical (unpaired) electrons. The summed E-state index contributed by atoms with van der Waals surface area (Å²) in [4.78, 5) is 27.5. The van der Waals surface area contributed by atoms with Gasteiger partial charge in [-0.25, -0.2) is 4.39 Å². The van der Waals surface area contributed by atoms with E-state index in [9.17, 15) is 14.0 Å². The van der Waals surface area contributed by atoms with Crippen molar-refractivity contribution in [3.63, 3.8) is 0 Å². The second kappa shape index (κ2) is 9.92. The van der Waals surface area contributed by atoms with Gasteiger partial charge in [-0.2, -0.15) is 0 Å². The highest BCUT2D eigenvalue weighted by Crippen LogP contribution is 2.31. The normalized spacial score (nSPS) is 11.7. The zero-order valence-corrected chi connectivity index (χ0v) is 19.3. The van der Waals surface area contributed by atoms with Crippen molar-refractivity contribution in [2.24, 2.45) is 0 Å². The lowest BCUT2D eigenvalue weighted by molar-refractivity contribution is 0.0935. The Morgan fingerprint density at radius 2 is 1.67 bits per heavy atom. The molecule has 0 aliphatic rings. The minimum Gasteiger partial charge on any atom is -0.345 e. The largest absolute Gasteiger partial charge is 0.345 e. The van der Waals surface area contributed by atoms with Gasteiger partial charge in [0.2, 0.25) is 5.78 Å². The number of carbonyl (C=O) groups is 2. The van der Waals surface area contributed by atoms with Crippen molar-refractivity contribution in [1.82, 2.24) is 5.32 Å². The molecule has 0 saturated heterocycles. The van der Waals surface area contributed by atoms with Crippen LogP contribution < -0.4 is 5.32 Å². The molecule has 1 aromatic heterocycles. The molecule has 3 aromatic carbocycles. The van der Waals surface area contributed by atoms with Crippen molar-refractivity contribution in [2.75, 3.05) is 0 Å². The molecule has 33 heavy (non-hydrogen) atoms. The summed E-state index contributed by atoms with van der Waals surface area (Å²) in [5.74, 6) is -0.487. The van der Waals surface area contributed by atoms with Gasteiger partial charge >= 0.3 is 0 Å². The Morgan fingerprint density at radius 1 is 0.939 bits per heavy atom. The number of amides is 1. The first-order valence-electron chi connectivity index (χ1n) is 10.8. The van der Waals surface area contributed by atoms with E-state index in [-0.39, 0.29) is 23.5 Å². The van der Waals surface area contributed by atoms with E-state index in [1.54, 1.807) is 24.3 Å². The van der Waals surface area contributed by atoms with Crippen LogP contribution >= 0.6 is 11.3 Å². The second-order valence-corrected chi connectivity index (χ2v) is 8.96. The monoisotopic (exact) mass is 457 g/mol. The van der Waals surface area contributed by atoms with Crippen LogP contribution in [0.3, 0.4) is 0 Å². The van der Waals surface area contributed by atoms with Crippen LogP contribution in [0.1, 0.15) is 56.1 Å². The van der Waals surface area contributed by atoms with Crippen LogP contribution in [0.25, 0.3) is 10.4 Å². The summed E-state index contributed by atoms with van der Waals surface area (Å²) < 4.78 is 13.2. The third-order valence-electron chi connectivity index (χ3n) is 5.62. The molecular weight excluding hydrogens is 433 g/mol. The fraction of sp³-hybridized carbons (Fsp3) is 0.143. The summed E-state index contributed by atoms with van der Waals surface area (Å²) >= 11 is 1.39. The first-order valence-corrected chi connectivity index (χ1v) is 11.6. The SMILES string of the molecule is CC[C@H](NC(=O)c1ccccc1)c1ccc(C)c(C(=O)c2ccc(-c3ccc(F)cc3)s2)c1. The summed E-state index contributed by atoms with van der Waals surface area (Å²) in [6.07, 6.45) is 0.697. The zero-order chi connectivity index (χ0) is 23.4. The molecule has 0 bridgehead atoms. The standard InChI is InChI=1S/C28H24FNO2S/c1-3-24(30-28(32)20-7-5-4-6-8-20)21-10-9-18(2)23(17-21)27(31)26-16-15-25(33-26)19-11-13-22(29)14-12-19/h4-17,24H,3H2,1-2H3,(H,30,32)/t24-/m0/s1. The van der Waals surface area contributed by atoms with Crippen LogP contribution in [0, 0.1) is 12.7 Å². The summed E-state index contributed by atoms with van der Waals surface area (Å²) in [7, 11) is 0. The van der Waals surface area contributed by atoms with E-state index < -0.39 is 0 Å². The molecule has 1 heterocycles. The molecule has 1 atom stereocenters. The van der Waals surface area contributed by atoms with Gasteiger partial charge in [0.05, 0.1) is 10.9 Å². The third-order valence-corrected chi connectivity index (χ3v) is 6.75. The highest BCUT2D eigenvalue weighted by molar-refractivity contribution is 7.17. The van der Waals surface area contributed by atoms with Crippen LogP contribution in [-0.4, -0.2) is 11.7 Å². The number of carbonyl (C=O) groups excluding carboxylic acids is 2. The lowest BCUT2D eigenvalue weighted by atomic mass is 9.96. The number of hydrogen-bond donors (Lipinski definition) is 1. The number of thiophene rings is 1. The third kappa shape index (κ3) is 5.10. The Bertz CT molecular complexity index is 1280. The first-order chi connectivity index (χ1) is 16.0. The van der Waals surface area contributed by atoms with Crippen molar-refractivity contribution >= 4 is 23.0 Å². The van der Waals surface area contributed by atoms with Crippen molar-refractivity contribution in [3.8, 4) is 10.4 Å². The van der Waals surface area contributed by atoms with E-state index in [1.165, 1.54) is 23.5 Å². The molecule has 0 fully saturated rings. The number of halogens is 1. The predicted molar refractivity (Wildman–Crippen MR) is 131 cm³/mol. The molecule has 4 aromatic rings. The number of nitrogens with one attached hydrogen (secondary N) is 1. The first kappa shape index (κ1) is 22.6. The van der Waals surface area contributed by atoms with Crippen LogP contribution in [0.15, 0.2) is 84.9 Å². The molecule has 1 amide bonds. The summed E-state index contributed by atoms with van der Waals surface area (Å²) in [6, 6.07) is 24.6. The van der Waals surface area contributed by atoms with Crippen LogP contribution in [0.2, 0.25) is 0 Å². The predicted octanol–water partition coefficient (Wildman–Crippen LogP) is 6.97. The number of aryl methyl sites for hydroxylation is 1. The Kier molecular flexibility index (Phi) is 6.80. The van der Waals surface area contributed by atoms with E-state index in [1.807, 2.05) is 62.4 Å². The number of benzene rings is 3. The zero-order valence-electron chi connectivity index (χ0n) is 18.5. The van der Waals surface area contributed by atoms with E-state index in [2.05, 4.69) is 5.32 Å². The summed E-state index contributed by atoms with van der Waals surface area (Å²) in [6.45, 7) is 3.92. The topological polar surface area (TPSA) is 46.2 Å². The Labute approximate surface area is 196 Å². The molecule has 0 aliphatic carbocycles. The van der Waals surface area contributed by atoms with Gasteiger partial charge in [-0.3, -0.25) is 9.59 Å². The van der Waals surface area contributed by atoms with Gasteiger partial charge in [-0.1, -0.05) is 49.4 Å². The Hall–Kier alpha value is -3.57. The molecule has 0 saturated carbocycles. The van der Waals surface area contributed by atoms with Gasteiger partial charge in [0, 0.05) is 16.0 Å². The van der Waals surface area contributed by atoms with Gasteiger partial charge in [-0.15, -0.1) is 11.3 Å². The number of ketones is 1. The second-order valence-electron chi connectivity index (χ2n) is 7.87. The minimum atomic E-state index is -0.288. The highest BCUT2D eigenvalue weighted by Gasteiger charge is 2.19. The van der Waals surface area contributed by atoms with Crippen LogP contribution in [0.4, 0.5) is 4.39 Å². The van der Waals surface area contributed by atoms with Gasteiger partial charge in [-0.05, 0) is 72.5 Å². The maximum absolute atomic E-state index is 13.3. The Morgan fingerprint density at radius 3 is 2.36 bits per heavy atom. The molecule has 0 aliphatic heterocycles. The molecule has 5 heteroatoms. The maximum atomic E-state index is 13.3. The van der Waals surface area contributed by atoms with E-state index in [0.29, 0.717) is 22.4 Å². The van der Waals surface area contributed by atoms with Gasteiger partial charge in [0.1, 0.15) is 5.82 Å². The molecular formula is C28H24FNO2S. The molecule has 1 N–H and O–H groups in total. The Balaban J connectivity index is 1.58. The fourth-order valence-electron chi connectivity index (χ4n) is 3.72. The van der Waals surface area contributed by atoms with Crippen LogP contribution in [-0.2, 0) is 0 Å². The maximum Gasteiger partial charge on any atom is 0.251 e. The minimum absolute atomic E-state index is 0.0584. The van der Waals surface area contributed by atoms with Crippen molar-refractivity contribution < 1.29 is 14.0 Å². The van der Waals surface area contributed by atoms with Crippen molar-refractivity contribution in [2.45, 2.75) is 26.3 Å². The van der Waals surface area contributed by atoms with Gasteiger partial charge in [0.25, 0.3) is 5.91 Å². The average molecular weight is 458 g/mol. The van der Waals surface area contributed by atoms with Gasteiger partial charge < -0.3 is 5.32 Å². The average Bonchev–Trinajstić information content (AvgIpc) is 3.34. The highest BCUT2D eigenvalue weighted by atomic mass is 32.1. The lowest BCUT2D eigenvalue weighted by Gasteiger charge is -2.19. The molecule has 166 valence electrons. The van der Waals surface area contributed by atoms with Crippen LogP contribution in [0.5, 0.6) is 0 Å². The quantitative estimate of drug-likeness (QED) is 0.305. The number of hydrogen-bond acceptors (Lipinski definition) is 3. The van der Waals surface area contributed by atoms with E-state index in [0.717, 1.165) is 21.6 Å². The lowest BCUT2D eigenvalue weighted by Crippen LogP contribution is -2.28. The van der Waals surface area contributed by atoms with Crippen molar-refractivity contribution in [1.29, 1.82) is 0 Å². The molecule has 4 rings (SSSR count). The molecule has 0 unspecified atom stereocenters. The summed E-state index contributed by atoms with van der Waals surface area (Å²) in [5, 5.41) is 3.08. The van der Waals surface area contributed by atoms with E-state index >= 15 is 0 Å². The fourth-order valence-corrected chi connectivity index (χ4v) is 4.68.